The van der Waals surface area contributed by atoms with E-state index in [1.54, 1.807) is 0 Å². The summed E-state index contributed by atoms with van der Waals surface area (Å²) >= 11 is 1.43. The first-order valence-corrected chi connectivity index (χ1v) is 7.43. The van der Waals surface area contributed by atoms with E-state index in [2.05, 4.69) is 33.7 Å². The van der Waals surface area contributed by atoms with Crippen molar-refractivity contribution in [3.05, 3.63) is 35.7 Å². The van der Waals surface area contributed by atoms with Crippen LogP contribution in [0.5, 0.6) is 5.75 Å². The zero-order valence-corrected chi connectivity index (χ0v) is 11.7. The summed E-state index contributed by atoms with van der Waals surface area (Å²) in [5.41, 5.74) is 1.29. The number of aromatic nitrogens is 2. The van der Waals surface area contributed by atoms with Crippen LogP contribution in [0.25, 0.3) is 0 Å². The lowest BCUT2D eigenvalue weighted by Crippen LogP contribution is -2.23. The number of nitrogens with zero attached hydrogens (tertiary/aromatic N) is 2. The first-order chi connectivity index (χ1) is 9.35. The molecule has 0 amide bonds. The molecule has 0 fully saturated rings. The molecule has 100 valence electrons. The minimum absolute atomic E-state index is 0.191. The molecule has 0 aliphatic carbocycles. The summed E-state index contributed by atoms with van der Waals surface area (Å²) in [6.07, 6.45) is 3.18. The van der Waals surface area contributed by atoms with Crippen molar-refractivity contribution in [2.75, 3.05) is 11.9 Å². The van der Waals surface area contributed by atoms with Crippen LogP contribution in [0.3, 0.4) is 0 Å². The number of benzene rings is 1. The second kappa shape index (κ2) is 5.57. The van der Waals surface area contributed by atoms with Gasteiger partial charge in [0.2, 0.25) is 5.13 Å². The predicted octanol–water partition coefficient (Wildman–Crippen LogP) is 2.91. The van der Waals surface area contributed by atoms with Gasteiger partial charge in [0.15, 0.2) is 0 Å². The van der Waals surface area contributed by atoms with Crippen molar-refractivity contribution in [2.45, 2.75) is 32.3 Å². The molecule has 1 aromatic carbocycles. The molecule has 4 nitrogen and oxygen atoms in total. The van der Waals surface area contributed by atoms with Crippen molar-refractivity contribution in [3.63, 3.8) is 0 Å². The van der Waals surface area contributed by atoms with Crippen LogP contribution in [-0.2, 0) is 12.8 Å². The van der Waals surface area contributed by atoms with Crippen LogP contribution in [0, 0.1) is 0 Å². The van der Waals surface area contributed by atoms with Gasteiger partial charge >= 0.3 is 0 Å². The largest absolute Gasteiger partial charge is 0.488 e. The van der Waals surface area contributed by atoms with Crippen molar-refractivity contribution >= 4 is 16.7 Å². The van der Waals surface area contributed by atoms with Crippen LogP contribution in [0.1, 0.15) is 24.7 Å². The molecular formula is C14H17N3OS. The average molecular weight is 275 g/mol. The highest BCUT2D eigenvalue weighted by atomic mass is 32.1. The number of nitrogens with one attached hydrogen (secondary N) is 1. The molecule has 1 aromatic heterocycles. The summed E-state index contributed by atoms with van der Waals surface area (Å²) in [5.74, 6) is 1.95. The smallest absolute Gasteiger partial charge is 0.202 e. The Kier molecular flexibility index (Phi) is 3.64. The highest BCUT2D eigenvalue weighted by Gasteiger charge is 2.22. The fourth-order valence-corrected chi connectivity index (χ4v) is 2.84. The van der Waals surface area contributed by atoms with Crippen molar-refractivity contribution in [1.82, 2.24) is 9.36 Å². The molecule has 3 rings (SSSR count). The number of hydrogen-bond acceptors (Lipinski definition) is 5. The molecule has 0 bridgehead atoms. The number of ether oxygens (including phenoxy) is 1. The number of anilines is 1. The zero-order chi connectivity index (χ0) is 13.1. The van der Waals surface area contributed by atoms with E-state index < -0.39 is 0 Å². The van der Waals surface area contributed by atoms with Gasteiger partial charge in [-0.1, -0.05) is 25.1 Å². The Morgan fingerprint density at radius 3 is 3.16 bits per heavy atom. The van der Waals surface area contributed by atoms with Crippen molar-refractivity contribution in [2.24, 2.45) is 0 Å². The molecule has 5 heteroatoms. The molecule has 0 saturated heterocycles. The van der Waals surface area contributed by atoms with Gasteiger partial charge in [-0.05, 0) is 18.1 Å². The molecule has 19 heavy (non-hydrogen) atoms. The van der Waals surface area contributed by atoms with Gasteiger partial charge in [-0.15, -0.1) is 0 Å². The lowest BCUT2D eigenvalue weighted by atomic mass is 10.1. The molecule has 1 N–H and O–H groups in total. The third kappa shape index (κ3) is 2.87. The second-order valence-electron chi connectivity index (χ2n) is 4.70. The Morgan fingerprint density at radius 2 is 2.32 bits per heavy atom. The third-order valence-electron chi connectivity index (χ3n) is 3.14. The maximum absolute atomic E-state index is 5.88. The van der Waals surface area contributed by atoms with Crippen molar-refractivity contribution in [3.8, 4) is 5.75 Å². The van der Waals surface area contributed by atoms with E-state index in [1.165, 1.54) is 17.1 Å². The maximum Gasteiger partial charge on any atom is 0.202 e. The topological polar surface area (TPSA) is 47.0 Å². The monoisotopic (exact) mass is 275 g/mol. The molecule has 1 atom stereocenters. The van der Waals surface area contributed by atoms with Crippen LogP contribution in [0.15, 0.2) is 24.3 Å². The highest BCUT2D eigenvalue weighted by Crippen LogP contribution is 2.28. The quantitative estimate of drug-likeness (QED) is 0.911. The molecule has 1 aliphatic heterocycles. The van der Waals surface area contributed by atoms with Crippen molar-refractivity contribution in [1.29, 1.82) is 0 Å². The Hall–Kier alpha value is -1.62. The lowest BCUT2D eigenvalue weighted by molar-refractivity contribution is 0.246. The summed E-state index contributed by atoms with van der Waals surface area (Å²) in [4.78, 5) is 4.45. The Bertz CT molecular complexity index is 530. The fraction of sp³-hybridized carbons (Fsp3) is 0.429. The second-order valence-corrected chi connectivity index (χ2v) is 5.45. The van der Waals surface area contributed by atoms with Crippen LogP contribution < -0.4 is 10.1 Å². The minimum Gasteiger partial charge on any atom is -0.488 e. The van der Waals surface area contributed by atoms with E-state index in [4.69, 9.17) is 4.74 Å². The summed E-state index contributed by atoms with van der Waals surface area (Å²) in [7, 11) is 0. The SMILES string of the molecule is CCCc1nsc(NCC2Cc3ccccc3O2)n1. The van der Waals surface area contributed by atoms with Gasteiger partial charge < -0.3 is 10.1 Å². The summed E-state index contributed by atoms with van der Waals surface area (Å²) in [5, 5.41) is 4.21. The zero-order valence-electron chi connectivity index (χ0n) is 10.9. The van der Waals surface area contributed by atoms with E-state index in [1.807, 2.05) is 12.1 Å². The predicted molar refractivity (Wildman–Crippen MR) is 77.0 cm³/mol. The first kappa shape index (κ1) is 12.4. The summed E-state index contributed by atoms with van der Waals surface area (Å²) in [6, 6.07) is 8.22. The van der Waals surface area contributed by atoms with Crippen molar-refractivity contribution < 1.29 is 4.74 Å². The molecule has 1 unspecified atom stereocenters. The Morgan fingerprint density at radius 1 is 1.42 bits per heavy atom. The van der Waals surface area contributed by atoms with Gasteiger partial charge in [-0.3, -0.25) is 0 Å². The van der Waals surface area contributed by atoms with Gasteiger partial charge in [0.05, 0.1) is 6.54 Å². The highest BCUT2D eigenvalue weighted by molar-refractivity contribution is 7.09. The standard InChI is InChI=1S/C14H17N3OS/c1-2-5-13-16-14(19-17-13)15-9-11-8-10-6-3-4-7-12(10)18-11/h3-4,6-7,11H,2,5,8-9H2,1H3,(H,15,16,17). The van der Waals surface area contributed by atoms with Crippen LogP contribution in [0.2, 0.25) is 0 Å². The molecule has 1 aliphatic rings. The number of para-hydroxylation sites is 1. The molecule has 2 aromatic rings. The van der Waals surface area contributed by atoms with Crippen LogP contribution in [0.4, 0.5) is 5.13 Å². The molecule has 0 radical (unpaired) electrons. The number of hydrogen-bond donors (Lipinski definition) is 1. The van der Waals surface area contributed by atoms with Crippen LogP contribution in [-0.4, -0.2) is 22.0 Å². The first-order valence-electron chi connectivity index (χ1n) is 6.66. The van der Waals surface area contributed by atoms with Crippen LogP contribution >= 0.6 is 11.5 Å². The fourth-order valence-electron chi connectivity index (χ4n) is 2.22. The van der Waals surface area contributed by atoms with E-state index in [-0.39, 0.29) is 6.10 Å². The Balaban J connectivity index is 1.53. The van der Waals surface area contributed by atoms with E-state index >= 15 is 0 Å². The number of fused-ring (bicyclic) bond motifs is 1. The van der Waals surface area contributed by atoms with E-state index in [9.17, 15) is 0 Å². The normalized spacial score (nSPS) is 17.0. The van der Waals surface area contributed by atoms with Gasteiger partial charge in [0.1, 0.15) is 17.7 Å². The van der Waals surface area contributed by atoms with E-state index in [0.29, 0.717) is 0 Å². The third-order valence-corrected chi connectivity index (χ3v) is 3.85. The Labute approximate surface area is 117 Å². The molecule has 0 saturated carbocycles. The van der Waals surface area contributed by atoms with Gasteiger partial charge in [-0.2, -0.15) is 4.37 Å². The number of aryl methyl sites for hydroxylation is 1. The molecule has 0 spiro atoms. The maximum atomic E-state index is 5.88. The number of rotatable bonds is 5. The lowest BCUT2D eigenvalue weighted by Gasteiger charge is -2.10. The summed E-state index contributed by atoms with van der Waals surface area (Å²) < 4.78 is 10.2. The van der Waals surface area contributed by atoms with Gasteiger partial charge in [-0.25, -0.2) is 4.98 Å². The van der Waals surface area contributed by atoms with Gasteiger partial charge in [0, 0.05) is 24.4 Å². The van der Waals surface area contributed by atoms with E-state index in [0.717, 1.165) is 42.5 Å². The van der Waals surface area contributed by atoms with Gasteiger partial charge in [0.25, 0.3) is 0 Å². The minimum atomic E-state index is 0.191. The molecule has 2 heterocycles. The summed E-state index contributed by atoms with van der Waals surface area (Å²) in [6.45, 7) is 2.91. The molecular weight excluding hydrogens is 258 g/mol. The average Bonchev–Trinajstić information content (AvgIpc) is 3.02.